The normalized spacial score (nSPS) is 23.2. The van der Waals surface area contributed by atoms with Gasteiger partial charge in [0.2, 0.25) is 0 Å². The molecule has 2 N–H and O–H groups in total. The lowest BCUT2D eigenvalue weighted by molar-refractivity contribution is 0.0563. The SMILES string of the molecule is O=C(NC1CC(O)C1)c1cnn2ccc(N3CCC[C@@H]3c3cc(F)ccc3F)c(F)c12. The van der Waals surface area contributed by atoms with E-state index < -0.39 is 35.5 Å². The number of fused-ring (bicyclic) bond motifs is 1. The van der Waals surface area contributed by atoms with E-state index in [2.05, 4.69) is 10.4 Å². The van der Waals surface area contributed by atoms with Gasteiger partial charge in [0.15, 0.2) is 5.82 Å². The van der Waals surface area contributed by atoms with E-state index in [4.69, 9.17) is 0 Å². The number of hydrogen-bond acceptors (Lipinski definition) is 4. The Labute approximate surface area is 176 Å². The number of aliphatic hydroxyl groups excluding tert-OH is 1. The van der Waals surface area contributed by atoms with Crippen LogP contribution >= 0.6 is 0 Å². The molecule has 6 nitrogen and oxygen atoms in total. The number of hydrogen-bond donors (Lipinski definition) is 2. The molecule has 5 rings (SSSR count). The molecule has 0 radical (unpaired) electrons. The monoisotopic (exact) mass is 430 g/mol. The molecule has 0 unspecified atom stereocenters. The molecule has 2 fully saturated rings. The first-order chi connectivity index (χ1) is 14.9. The van der Waals surface area contributed by atoms with E-state index in [1.165, 1.54) is 16.8 Å². The number of nitrogens with zero attached hydrogens (tertiary/aromatic N) is 3. The molecule has 1 atom stereocenters. The van der Waals surface area contributed by atoms with Crippen molar-refractivity contribution >= 4 is 17.1 Å². The molecule has 3 aromatic rings. The number of carbonyl (C=O) groups excluding carboxylic acids is 1. The van der Waals surface area contributed by atoms with Crippen LogP contribution in [0, 0.1) is 17.5 Å². The zero-order valence-corrected chi connectivity index (χ0v) is 16.6. The highest BCUT2D eigenvalue weighted by molar-refractivity contribution is 6.01. The summed E-state index contributed by atoms with van der Waals surface area (Å²) in [5.74, 6) is -2.18. The number of carbonyl (C=O) groups is 1. The predicted octanol–water partition coefficient (Wildman–Crippen LogP) is 3.35. The summed E-state index contributed by atoms with van der Waals surface area (Å²) >= 11 is 0. The lowest BCUT2D eigenvalue weighted by Crippen LogP contribution is -2.46. The molecule has 1 amide bonds. The molecule has 2 aromatic heterocycles. The Kier molecular flexibility index (Phi) is 4.85. The molecule has 1 aliphatic carbocycles. The largest absolute Gasteiger partial charge is 0.393 e. The number of benzene rings is 1. The number of aromatic nitrogens is 2. The molecule has 1 aromatic carbocycles. The van der Waals surface area contributed by atoms with E-state index in [1.807, 2.05) is 0 Å². The molecular weight excluding hydrogens is 409 g/mol. The summed E-state index contributed by atoms with van der Waals surface area (Å²) in [5, 5.41) is 16.3. The van der Waals surface area contributed by atoms with Crippen molar-refractivity contribution in [2.24, 2.45) is 0 Å². The predicted molar refractivity (Wildman–Crippen MR) is 107 cm³/mol. The smallest absolute Gasteiger partial charge is 0.255 e. The molecular formula is C22H21F3N4O2. The van der Waals surface area contributed by atoms with Gasteiger partial charge in [0.1, 0.15) is 17.2 Å². The van der Waals surface area contributed by atoms with Crippen molar-refractivity contribution in [3.05, 3.63) is 65.2 Å². The van der Waals surface area contributed by atoms with Crippen LogP contribution in [0.15, 0.2) is 36.7 Å². The molecule has 31 heavy (non-hydrogen) atoms. The van der Waals surface area contributed by atoms with Gasteiger partial charge in [-0.25, -0.2) is 17.7 Å². The summed E-state index contributed by atoms with van der Waals surface area (Å²) < 4.78 is 45.1. The summed E-state index contributed by atoms with van der Waals surface area (Å²) in [6.07, 6.45) is 4.62. The van der Waals surface area contributed by atoms with Crippen LogP contribution in [0.4, 0.5) is 18.9 Å². The van der Waals surface area contributed by atoms with Crippen LogP contribution in [0.1, 0.15) is 47.6 Å². The van der Waals surface area contributed by atoms with Crippen molar-refractivity contribution in [3.8, 4) is 0 Å². The van der Waals surface area contributed by atoms with Crippen LogP contribution in [-0.4, -0.2) is 39.3 Å². The van der Waals surface area contributed by atoms with Gasteiger partial charge in [0.25, 0.3) is 5.91 Å². The number of amides is 1. The highest BCUT2D eigenvalue weighted by Gasteiger charge is 2.33. The molecule has 0 spiro atoms. The first-order valence-corrected chi connectivity index (χ1v) is 10.3. The summed E-state index contributed by atoms with van der Waals surface area (Å²) in [7, 11) is 0. The second kappa shape index (κ2) is 7.56. The van der Waals surface area contributed by atoms with Gasteiger partial charge in [-0.15, -0.1) is 0 Å². The second-order valence-corrected chi connectivity index (χ2v) is 8.18. The third-order valence-corrected chi connectivity index (χ3v) is 6.17. The van der Waals surface area contributed by atoms with E-state index in [0.717, 1.165) is 18.2 Å². The van der Waals surface area contributed by atoms with Crippen molar-refractivity contribution in [2.75, 3.05) is 11.4 Å². The minimum Gasteiger partial charge on any atom is -0.393 e. The summed E-state index contributed by atoms with van der Waals surface area (Å²) in [5.41, 5.74) is 0.521. The van der Waals surface area contributed by atoms with Gasteiger partial charge in [-0.3, -0.25) is 4.79 Å². The Morgan fingerprint density at radius 3 is 2.77 bits per heavy atom. The van der Waals surface area contributed by atoms with Crippen molar-refractivity contribution < 1.29 is 23.1 Å². The maximum atomic E-state index is 15.6. The number of anilines is 1. The van der Waals surface area contributed by atoms with Gasteiger partial charge < -0.3 is 15.3 Å². The first-order valence-electron chi connectivity index (χ1n) is 10.3. The molecule has 2 aliphatic rings. The summed E-state index contributed by atoms with van der Waals surface area (Å²) in [6, 6.07) is 4.17. The average molecular weight is 430 g/mol. The topological polar surface area (TPSA) is 69.9 Å². The lowest BCUT2D eigenvalue weighted by atomic mass is 9.89. The molecule has 9 heteroatoms. The lowest BCUT2D eigenvalue weighted by Gasteiger charge is -2.31. The number of pyridine rings is 1. The highest BCUT2D eigenvalue weighted by Crippen LogP contribution is 2.39. The van der Waals surface area contributed by atoms with E-state index in [1.54, 1.807) is 11.1 Å². The number of aliphatic hydroxyl groups is 1. The van der Waals surface area contributed by atoms with Gasteiger partial charge in [-0.2, -0.15) is 5.10 Å². The molecule has 1 saturated carbocycles. The van der Waals surface area contributed by atoms with Gasteiger partial charge in [-0.05, 0) is 49.9 Å². The van der Waals surface area contributed by atoms with Gasteiger partial charge in [-0.1, -0.05) is 0 Å². The van der Waals surface area contributed by atoms with Crippen LogP contribution < -0.4 is 10.2 Å². The van der Waals surface area contributed by atoms with Crippen LogP contribution in [0.25, 0.3) is 5.52 Å². The van der Waals surface area contributed by atoms with Crippen molar-refractivity contribution in [3.63, 3.8) is 0 Å². The van der Waals surface area contributed by atoms with E-state index in [0.29, 0.717) is 32.2 Å². The number of rotatable bonds is 4. The Morgan fingerprint density at radius 1 is 1.19 bits per heavy atom. The maximum Gasteiger partial charge on any atom is 0.255 e. The van der Waals surface area contributed by atoms with E-state index >= 15 is 4.39 Å². The Bertz CT molecular complexity index is 1160. The van der Waals surface area contributed by atoms with Crippen molar-refractivity contribution in [1.82, 2.24) is 14.9 Å². The molecule has 162 valence electrons. The molecule has 3 heterocycles. The summed E-state index contributed by atoms with van der Waals surface area (Å²) in [4.78, 5) is 14.4. The third-order valence-electron chi connectivity index (χ3n) is 6.17. The Hall–Kier alpha value is -3.07. The molecule has 1 aliphatic heterocycles. The number of halogens is 3. The van der Waals surface area contributed by atoms with Gasteiger partial charge >= 0.3 is 0 Å². The minimum atomic E-state index is -0.637. The van der Waals surface area contributed by atoms with Crippen molar-refractivity contribution in [2.45, 2.75) is 43.9 Å². The van der Waals surface area contributed by atoms with Crippen LogP contribution in [0.5, 0.6) is 0 Å². The van der Waals surface area contributed by atoms with Crippen LogP contribution in [-0.2, 0) is 0 Å². The molecule has 0 bridgehead atoms. The highest BCUT2D eigenvalue weighted by atomic mass is 19.1. The Balaban J connectivity index is 1.50. The fourth-order valence-corrected chi connectivity index (χ4v) is 4.53. The minimum absolute atomic E-state index is 0.0280. The van der Waals surface area contributed by atoms with Crippen LogP contribution in [0.3, 0.4) is 0 Å². The van der Waals surface area contributed by atoms with Crippen LogP contribution in [0.2, 0.25) is 0 Å². The van der Waals surface area contributed by atoms with E-state index in [-0.39, 0.29) is 28.4 Å². The van der Waals surface area contributed by atoms with E-state index in [9.17, 15) is 18.7 Å². The standard InChI is InChI=1S/C22H21F3N4O2/c23-12-3-4-17(24)15(8-12)18-2-1-6-28(18)19-5-7-29-21(20(19)25)16(11-26-29)22(31)27-13-9-14(30)10-13/h3-5,7-8,11,13-14,18,30H,1-2,6,9-10H2,(H,27,31)/t13?,14?,18-/m1/s1. The zero-order valence-electron chi connectivity index (χ0n) is 16.6. The first kappa shape index (κ1) is 19.9. The van der Waals surface area contributed by atoms with Gasteiger partial charge in [0, 0.05) is 24.3 Å². The average Bonchev–Trinajstić information content (AvgIpc) is 3.36. The second-order valence-electron chi connectivity index (χ2n) is 8.18. The summed E-state index contributed by atoms with van der Waals surface area (Å²) in [6.45, 7) is 0.476. The fourth-order valence-electron chi connectivity index (χ4n) is 4.53. The molecule has 1 saturated heterocycles. The Morgan fingerprint density at radius 2 is 2.00 bits per heavy atom. The van der Waals surface area contributed by atoms with Crippen molar-refractivity contribution in [1.29, 1.82) is 0 Å². The number of nitrogens with one attached hydrogen (secondary N) is 1. The quantitative estimate of drug-likeness (QED) is 0.666. The third kappa shape index (κ3) is 3.42. The zero-order chi connectivity index (χ0) is 21.7. The van der Waals surface area contributed by atoms with Gasteiger partial charge in [0.05, 0.1) is 29.6 Å². The fraction of sp³-hybridized carbons (Fsp3) is 0.364. The maximum absolute atomic E-state index is 15.6.